The van der Waals surface area contributed by atoms with E-state index in [1.807, 2.05) is 55.5 Å². The van der Waals surface area contributed by atoms with E-state index in [-0.39, 0.29) is 42.9 Å². The Morgan fingerprint density at radius 3 is 2.30 bits per heavy atom. The summed E-state index contributed by atoms with van der Waals surface area (Å²) in [6.07, 6.45) is 0.0269. The maximum absolute atomic E-state index is 13.8. The van der Waals surface area contributed by atoms with E-state index in [4.69, 9.17) is 4.74 Å². The minimum atomic E-state index is -0.367. The molecule has 0 unspecified atom stereocenters. The van der Waals surface area contributed by atoms with Crippen molar-refractivity contribution in [2.24, 2.45) is 5.92 Å². The van der Waals surface area contributed by atoms with Crippen LogP contribution >= 0.6 is 0 Å². The predicted octanol–water partition coefficient (Wildman–Crippen LogP) is 5.89. The minimum Gasteiger partial charge on any atom is -0.488 e. The minimum absolute atomic E-state index is 0.00857. The van der Waals surface area contributed by atoms with Gasteiger partial charge in [0, 0.05) is 31.2 Å². The first kappa shape index (κ1) is 31.0. The molecule has 5 rings (SSSR count). The van der Waals surface area contributed by atoms with Gasteiger partial charge in [-0.15, -0.1) is 0 Å². The van der Waals surface area contributed by atoms with Gasteiger partial charge in [-0.2, -0.15) is 0 Å². The monoisotopic (exact) mass is 591 g/mol. The van der Waals surface area contributed by atoms with E-state index in [1.165, 1.54) is 16.7 Å². The number of aliphatic hydroxyl groups excluding tert-OH is 1. The van der Waals surface area contributed by atoms with Gasteiger partial charge in [0.15, 0.2) is 0 Å². The van der Waals surface area contributed by atoms with E-state index in [0.717, 1.165) is 12.1 Å². The fraction of sp³-hybridized carbons (Fsp3) is 0.297. The number of benzene rings is 4. The van der Waals surface area contributed by atoms with Crippen LogP contribution in [0.4, 0.5) is 5.69 Å². The molecule has 0 aliphatic carbocycles. The second kappa shape index (κ2) is 14.3. The molecule has 0 spiro atoms. The van der Waals surface area contributed by atoms with Gasteiger partial charge in [0.1, 0.15) is 11.9 Å². The van der Waals surface area contributed by atoms with E-state index in [1.54, 1.807) is 23.1 Å². The van der Waals surface area contributed by atoms with Crippen LogP contribution in [0.1, 0.15) is 35.3 Å². The zero-order valence-electron chi connectivity index (χ0n) is 25.6. The zero-order chi connectivity index (χ0) is 31.1. The molecule has 0 saturated carbocycles. The van der Waals surface area contributed by atoms with Crippen molar-refractivity contribution in [2.45, 2.75) is 39.0 Å². The molecule has 2 amide bonds. The van der Waals surface area contributed by atoms with Crippen molar-refractivity contribution in [3.05, 3.63) is 120 Å². The first-order chi connectivity index (χ1) is 21.3. The van der Waals surface area contributed by atoms with Crippen LogP contribution < -0.4 is 10.1 Å². The third kappa shape index (κ3) is 7.73. The number of carbonyl (C=O) groups is 2. The normalized spacial score (nSPS) is 17.3. The molecule has 1 heterocycles. The van der Waals surface area contributed by atoms with Gasteiger partial charge in [0.2, 0.25) is 5.91 Å². The topological polar surface area (TPSA) is 82.1 Å². The van der Waals surface area contributed by atoms with E-state index < -0.39 is 0 Å². The number of rotatable bonds is 10. The average Bonchev–Trinajstić information content (AvgIpc) is 3.04. The second-order valence-corrected chi connectivity index (χ2v) is 11.8. The molecule has 0 fully saturated rings. The van der Waals surface area contributed by atoms with Gasteiger partial charge in [0.25, 0.3) is 5.91 Å². The first-order valence-corrected chi connectivity index (χ1v) is 15.2. The Kier molecular flexibility index (Phi) is 10.1. The van der Waals surface area contributed by atoms with Crippen LogP contribution in [0.5, 0.6) is 5.75 Å². The number of carbonyl (C=O) groups excluding carboxylic acids is 2. The zero-order valence-corrected chi connectivity index (χ0v) is 25.6. The van der Waals surface area contributed by atoms with E-state index in [9.17, 15) is 14.7 Å². The lowest BCUT2D eigenvalue weighted by molar-refractivity contribution is -0.115. The lowest BCUT2D eigenvalue weighted by Crippen LogP contribution is -2.49. The van der Waals surface area contributed by atoms with Gasteiger partial charge in [0.05, 0.1) is 24.6 Å². The summed E-state index contributed by atoms with van der Waals surface area (Å²) in [5, 5.41) is 12.9. The molecule has 7 nitrogen and oxygen atoms in total. The summed E-state index contributed by atoms with van der Waals surface area (Å²) in [6.45, 7) is 5.61. The highest BCUT2D eigenvalue weighted by atomic mass is 16.5. The van der Waals surface area contributed by atoms with Gasteiger partial charge >= 0.3 is 0 Å². The average molecular weight is 592 g/mol. The van der Waals surface area contributed by atoms with Crippen LogP contribution in [0.15, 0.2) is 103 Å². The van der Waals surface area contributed by atoms with Gasteiger partial charge < -0.3 is 20.1 Å². The van der Waals surface area contributed by atoms with Crippen molar-refractivity contribution in [1.82, 2.24) is 9.80 Å². The maximum atomic E-state index is 13.8. The van der Waals surface area contributed by atoms with Crippen molar-refractivity contribution in [1.29, 1.82) is 0 Å². The number of nitrogens with zero attached hydrogens (tertiary/aromatic N) is 2. The highest BCUT2D eigenvalue weighted by molar-refractivity contribution is 6.00. The molecule has 44 heavy (non-hydrogen) atoms. The van der Waals surface area contributed by atoms with Crippen LogP contribution in [0.3, 0.4) is 0 Å². The summed E-state index contributed by atoms with van der Waals surface area (Å²) in [6, 6.07) is 33.3. The number of anilines is 1. The molecule has 2 N–H and O–H groups in total. The summed E-state index contributed by atoms with van der Waals surface area (Å²) in [4.78, 5) is 30.5. The van der Waals surface area contributed by atoms with Crippen molar-refractivity contribution in [3.63, 3.8) is 0 Å². The maximum Gasteiger partial charge on any atom is 0.258 e. The molecule has 228 valence electrons. The summed E-state index contributed by atoms with van der Waals surface area (Å²) < 4.78 is 6.56. The molecular formula is C37H41N3O4. The SMILES string of the molecule is C[C@@H]1CN([C@H](C)CO)C(=O)c2cc(NC(=O)Cc3ccccc3)ccc2O[C@@H]1CN(C)Cc1ccc(-c2ccccc2)cc1. The Hall–Kier alpha value is -4.46. The molecule has 4 aromatic carbocycles. The van der Waals surface area contributed by atoms with Gasteiger partial charge in [-0.1, -0.05) is 91.9 Å². The van der Waals surface area contributed by atoms with Gasteiger partial charge in [-0.3, -0.25) is 14.5 Å². The van der Waals surface area contributed by atoms with E-state index >= 15 is 0 Å². The highest BCUT2D eigenvalue weighted by Gasteiger charge is 2.33. The van der Waals surface area contributed by atoms with Crippen LogP contribution in [0.25, 0.3) is 11.1 Å². The number of likely N-dealkylation sites (N-methyl/N-ethyl adjacent to an activating group) is 1. The fourth-order valence-corrected chi connectivity index (χ4v) is 5.62. The third-order valence-corrected chi connectivity index (χ3v) is 8.16. The molecule has 0 aromatic heterocycles. The molecule has 4 aromatic rings. The lowest BCUT2D eigenvalue weighted by Gasteiger charge is -2.38. The van der Waals surface area contributed by atoms with Crippen LogP contribution in [0.2, 0.25) is 0 Å². The van der Waals surface area contributed by atoms with E-state index in [2.05, 4.69) is 60.6 Å². The molecule has 3 atom stereocenters. The molecule has 0 radical (unpaired) electrons. The second-order valence-electron chi connectivity index (χ2n) is 11.8. The number of aliphatic hydroxyl groups is 1. The van der Waals surface area contributed by atoms with Crippen LogP contribution in [0, 0.1) is 5.92 Å². The molecule has 1 aliphatic rings. The number of ether oxygens (including phenoxy) is 1. The summed E-state index contributed by atoms with van der Waals surface area (Å²) in [5.74, 6) is 0.0938. The Bertz CT molecular complexity index is 1540. The quantitative estimate of drug-likeness (QED) is 0.241. The summed E-state index contributed by atoms with van der Waals surface area (Å²) in [7, 11) is 2.07. The Morgan fingerprint density at radius 1 is 0.955 bits per heavy atom. The summed E-state index contributed by atoms with van der Waals surface area (Å²) >= 11 is 0. The number of fused-ring (bicyclic) bond motifs is 1. The largest absolute Gasteiger partial charge is 0.488 e. The van der Waals surface area contributed by atoms with E-state index in [0.29, 0.717) is 30.1 Å². The van der Waals surface area contributed by atoms with Gasteiger partial charge in [-0.05, 0) is 54.4 Å². The lowest BCUT2D eigenvalue weighted by atomic mass is 9.99. The number of nitrogens with one attached hydrogen (secondary N) is 1. The number of hydrogen-bond acceptors (Lipinski definition) is 5. The molecule has 7 heteroatoms. The number of hydrogen-bond donors (Lipinski definition) is 2. The van der Waals surface area contributed by atoms with Crippen molar-refractivity contribution < 1.29 is 19.4 Å². The van der Waals surface area contributed by atoms with Crippen molar-refractivity contribution in [2.75, 3.05) is 32.1 Å². The predicted molar refractivity (Wildman–Crippen MR) is 175 cm³/mol. The summed E-state index contributed by atoms with van der Waals surface area (Å²) in [5.41, 5.74) is 5.39. The van der Waals surface area contributed by atoms with Crippen LogP contribution in [-0.2, 0) is 17.8 Å². The standard InChI is InChI=1S/C37H41N3O4/c1-26-22-40(27(2)25-41)37(43)33-21-32(38-36(42)20-28-10-6-4-7-11-28)18-19-34(33)44-35(26)24-39(3)23-29-14-16-31(17-15-29)30-12-8-5-9-13-30/h4-19,21,26-27,35,41H,20,22-25H2,1-3H3,(H,38,42)/t26-,27-,35-/m1/s1. The van der Waals surface area contributed by atoms with Crippen molar-refractivity contribution >= 4 is 17.5 Å². The Morgan fingerprint density at radius 2 is 1.61 bits per heavy atom. The Labute approximate surface area is 260 Å². The van der Waals surface area contributed by atoms with Gasteiger partial charge in [-0.25, -0.2) is 0 Å². The first-order valence-electron chi connectivity index (χ1n) is 15.2. The molecule has 1 aliphatic heterocycles. The highest BCUT2D eigenvalue weighted by Crippen LogP contribution is 2.31. The van der Waals surface area contributed by atoms with Crippen molar-refractivity contribution in [3.8, 4) is 16.9 Å². The smallest absolute Gasteiger partial charge is 0.258 e. The number of amides is 2. The molecule has 0 saturated heterocycles. The Balaban J connectivity index is 1.32. The molecule has 0 bridgehead atoms. The van der Waals surface area contributed by atoms with Crippen LogP contribution in [-0.4, -0.2) is 65.6 Å². The third-order valence-electron chi connectivity index (χ3n) is 8.16. The fourth-order valence-electron chi connectivity index (χ4n) is 5.62. The molecular weight excluding hydrogens is 550 g/mol.